The van der Waals surface area contributed by atoms with Gasteiger partial charge in [0.05, 0.1) is 6.26 Å². The molecule has 2 rings (SSSR count). The lowest BCUT2D eigenvalue weighted by atomic mass is 10.4. The van der Waals surface area contributed by atoms with Crippen LogP contribution in [0.2, 0.25) is 0 Å². The normalized spacial score (nSPS) is 11.2. The van der Waals surface area contributed by atoms with Crippen LogP contribution in [0.15, 0.2) is 30.5 Å². The number of hydrogen-bond acceptors (Lipinski definition) is 7. The topological polar surface area (TPSA) is 109 Å². The van der Waals surface area contributed by atoms with Gasteiger partial charge in [-0.1, -0.05) is 6.07 Å². The molecular weight excluding hydrogens is 304 g/mol. The van der Waals surface area contributed by atoms with E-state index >= 15 is 0 Å². The van der Waals surface area contributed by atoms with E-state index in [-0.39, 0.29) is 6.54 Å². The van der Waals surface area contributed by atoms with Crippen molar-refractivity contribution in [1.82, 2.24) is 19.7 Å². The quantitative estimate of drug-likeness (QED) is 0.649. The first kappa shape index (κ1) is 16.1. The highest BCUT2D eigenvalue weighted by Gasteiger charge is 2.04. The maximum Gasteiger partial charge on any atom is 0.208 e. The minimum absolute atomic E-state index is 0.283. The lowest BCUT2D eigenvalue weighted by Crippen LogP contribution is -2.27. The van der Waals surface area contributed by atoms with Crippen LogP contribution in [-0.4, -0.2) is 42.7 Å². The highest BCUT2D eigenvalue weighted by Crippen LogP contribution is 2.15. The average Bonchev–Trinajstić information content (AvgIpc) is 2.43. The smallest absolute Gasteiger partial charge is 0.208 e. The van der Waals surface area contributed by atoms with Crippen LogP contribution < -0.4 is 15.4 Å². The Morgan fingerprint density at radius 2 is 1.86 bits per heavy atom. The average molecular weight is 322 g/mol. The Hall–Kier alpha value is -2.26. The fourth-order valence-electron chi connectivity index (χ4n) is 1.72. The molecule has 0 saturated carbocycles. The summed E-state index contributed by atoms with van der Waals surface area (Å²) in [5.41, 5.74) is 0. The van der Waals surface area contributed by atoms with Crippen LogP contribution in [0.3, 0.4) is 0 Å². The number of nitrogens with one attached hydrogen (secondary N) is 3. The number of rotatable bonds is 7. The first-order chi connectivity index (χ1) is 10.4. The van der Waals surface area contributed by atoms with Crippen LogP contribution in [0.1, 0.15) is 5.82 Å². The molecule has 0 unspecified atom stereocenters. The number of sulfonamides is 1. The second-order valence-electron chi connectivity index (χ2n) is 4.62. The van der Waals surface area contributed by atoms with Gasteiger partial charge in [-0.05, 0) is 19.1 Å². The largest absolute Gasteiger partial charge is 0.369 e. The Bertz CT molecular complexity index is 721. The molecule has 118 valence electrons. The summed E-state index contributed by atoms with van der Waals surface area (Å²) in [6.45, 7) is 2.49. The lowest BCUT2D eigenvalue weighted by molar-refractivity contribution is 0.589. The third-order valence-corrected chi connectivity index (χ3v) is 3.28. The van der Waals surface area contributed by atoms with Crippen molar-refractivity contribution in [1.29, 1.82) is 0 Å². The minimum atomic E-state index is -3.18. The molecule has 0 aliphatic carbocycles. The number of pyridine rings is 1. The van der Waals surface area contributed by atoms with Crippen LogP contribution in [0, 0.1) is 6.92 Å². The SMILES string of the molecule is Cc1nc(NCCNS(C)(=O)=O)cc(Nc2ccccn2)n1. The highest BCUT2D eigenvalue weighted by atomic mass is 32.2. The number of hydrogen-bond donors (Lipinski definition) is 3. The molecule has 9 heteroatoms. The Kier molecular flexibility index (Phi) is 5.23. The monoisotopic (exact) mass is 322 g/mol. The van der Waals surface area contributed by atoms with Gasteiger partial charge in [0.2, 0.25) is 10.0 Å². The van der Waals surface area contributed by atoms with Gasteiger partial charge in [-0.15, -0.1) is 0 Å². The van der Waals surface area contributed by atoms with Crippen LogP contribution in [0.5, 0.6) is 0 Å². The van der Waals surface area contributed by atoms with Gasteiger partial charge in [0, 0.05) is 25.4 Å². The van der Waals surface area contributed by atoms with Crippen molar-refractivity contribution < 1.29 is 8.42 Å². The zero-order valence-corrected chi connectivity index (χ0v) is 13.2. The molecule has 2 aromatic rings. The molecule has 0 aliphatic heterocycles. The molecule has 22 heavy (non-hydrogen) atoms. The summed E-state index contributed by atoms with van der Waals surface area (Å²) >= 11 is 0. The second kappa shape index (κ2) is 7.14. The van der Waals surface area contributed by atoms with Crippen molar-refractivity contribution in [3.63, 3.8) is 0 Å². The molecule has 0 amide bonds. The summed E-state index contributed by atoms with van der Waals surface area (Å²) in [7, 11) is -3.18. The molecular formula is C13H18N6O2S. The summed E-state index contributed by atoms with van der Waals surface area (Å²) in [5.74, 6) is 2.51. The molecule has 2 aromatic heterocycles. The molecule has 0 bridgehead atoms. The molecule has 0 radical (unpaired) electrons. The van der Waals surface area contributed by atoms with Crippen molar-refractivity contribution in [2.75, 3.05) is 30.0 Å². The van der Waals surface area contributed by atoms with E-state index in [1.807, 2.05) is 18.2 Å². The second-order valence-corrected chi connectivity index (χ2v) is 6.45. The van der Waals surface area contributed by atoms with Gasteiger partial charge < -0.3 is 10.6 Å². The summed E-state index contributed by atoms with van der Waals surface area (Å²) in [4.78, 5) is 12.7. The molecule has 3 N–H and O–H groups in total. The van der Waals surface area contributed by atoms with Gasteiger partial charge in [0.15, 0.2) is 0 Å². The van der Waals surface area contributed by atoms with Gasteiger partial charge >= 0.3 is 0 Å². The molecule has 0 spiro atoms. The number of aryl methyl sites for hydroxylation is 1. The third kappa shape index (κ3) is 5.62. The molecule has 0 atom stereocenters. The van der Waals surface area contributed by atoms with Crippen LogP contribution in [-0.2, 0) is 10.0 Å². The molecule has 0 aromatic carbocycles. The fraction of sp³-hybridized carbons (Fsp3) is 0.308. The number of nitrogens with zero attached hydrogens (tertiary/aromatic N) is 3. The highest BCUT2D eigenvalue weighted by molar-refractivity contribution is 7.88. The van der Waals surface area contributed by atoms with Gasteiger partial charge in [0.1, 0.15) is 23.3 Å². The summed E-state index contributed by atoms with van der Waals surface area (Å²) in [5, 5.41) is 6.13. The van der Waals surface area contributed by atoms with E-state index in [1.54, 1.807) is 19.2 Å². The summed E-state index contributed by atoms with van der Waals surface area (Å²) in [6.07, 6.45) is 2.81. The Morgan fingerprint density at radius 1 is 1.09 bits per heavy atom. The maximum atomic E-state index is 11.0. The summed E-state index contributed by atoms with van der Waals surface area (Å²) < 4.78 is 24.3. The number of aromatic nitrogens is 3. The van der Waals surface area contributed by atoms with Crippen molar-refractivity contribution in [3.05, 3.63) is 36.3 Å². The van der Waals surface area contributed by atoms with Crippen molar-refractivity contribution >= 4 is 27.5 Å². The predicted octanol–water partition coefficient (Wildman–Crippen LogP) is 0.885. The molecule has 8 nitrogen and oxygen atoms in total. The Labute approximate surface area is 129 Å². The Morgan fingerprint density at radius 3 is 2.55 bits per heavy atom. The molecule has 0 fully saturated rings. The van der Waals surface area contributed by atoms with Crippen LogP contribution in [0.4, 0.5) is 17.5 Å². The van der Waals surface area contributed by atoms with E-state index in [1.165, 1.54) is 0 Å². The standard InChI is InChI=1S/C13H18N6O2S/c1-10-17-12(15-7-8-16-22(2,20)21)9-13(18-10)19-11-5-3-4-6-14-11/h3-6,9,16H,7-8H2,1-2H3,(H2,14,15,17,18,19). The summed E-state index contributed by atoms with van der Waals surface area (Å²) in [6, 6.07) is 7.28. The third-order valence-electron chi connectivity index (χ3n) is 2.55. The van der Waals surface area contributed by atoms with Gasteiger partial charge in [-0.2, -0.15) is 0 Å². The van der Waals surface area contributed by atoms with Gasteiger partial charge in [-0.25, -0.2) is 28.1 Å². The van der Waals surface area contributed by atoms with Crippen molar-refractivity contribution in [2.24, 2.45) is 0 Å². The predicted molar refractivity (Wildman–Crippen MR) is 85.6 cm³/mol. The van der Waals surface area contributed by atoms with E-state index in [4.69, 9.17) is 0 Å². The first-order valence-corrected chi connectivity index (χ1v) is 8.54. The van der Waals surface area contributed by atoms with E-state index < -0.39 is 10.0 Å². The van der Waals surface area contributed by atoms with E-state index in [9.17, 15) is 8.42 Å². The molecule has 0 saturated heterocycles. The first-order valence-electron chi connectivity index (χ1n) is 6.65. The number of anilines is 3. The molecule has 2 heterocycles. The Balaban J connectivity index is 1.98. The van der Waals surface area contributed by atoms with Crippen LogP contribution >= 0.6 is 0 Å². The van der Waals surface area contributed by atoms with E-state index in [2.05, 4.69) is 30.3 Å². The zero-order valence-electron chi connectivity index (χ0n) is 12.4. The van der Waals surface area contributed by atoms with Crippen molar-refractivity contribution in [2.45, 2.75) is 6.92 Å². The zero-order chi connectivity index (χ0) is 16.0. The maximum absolute atomic E-state index is 11.0. The fourth-order valence-corrected chi connectivity index (χ4v) is 2.19. The van der Waals surface area contributed by atoms with Crippen LogP contribution in [0.25, 0.3) is 0 Å². The minimum Gasteiger partial charge on any atom is -0.369 e. The van der Waals surface area contributed by atoms with E-state index in [0.29, 0.717) is 29.8 Å². The van der Waals surface area contributed by atoms with Gasteiger partial charge in [0.25, 0.3) is 0 Å². The van der Waals surface area contributed by atoms with E-state index in [0.717, 1.165) is 6.26 Å². The van der Waals surface area contributed by atoms with Gasteiger partial charge in [-0.3, -0.25) is 0 Å². The van der Waals surface area contributed by atoms with Crippen molar-refractivity contribution in [3.8, 4) is 0 Å². The molecule has 0 aliphatic rings. The lowest BCUT2D eigenvalue weighted by Gasteiger charge is -2.10.